The van der Waals surface area contributed by atoms with Gasteiger partial charge in [-0.25, -0.2) is 4.79 Å². The zero-order valence-corrected chi connectivity index (χ0v) is 13.3. The van der Waals surface area contributed by atoms with Crippen LogP contribution in [-0.2, 0) is 0 Å². The van der Waals surface area contributed by atoms with Crippen LogP contribution in [0.25, 0.3) is 0 Å². The van der Waals surface area contributed by atoms with Gasteiger partial charge in [0, 0.05) is 30.4 Å². The van der Waals surface area contributed by atoms with Gasteiger partial charge in [0.25, 0.3) is 5.91 Å². The lowest BCUT2D eigenvalue weighted by Crippen LogP contribution is -2.24. The highest BCUT2D eigenvalue weighted by atomic mass is 16.5. The van der Waals surface area contributed by atoms with E-state index in [1.165, 1.54) is 7.05 Å². The van der Waals surface area contributed by atoms with Crippen LogP contribution in [0.3, 0.4) is 0 Å². The van der Waals surface area contributed by atoms with Gasteiger partial charge in [-0.2, -0.15) is 0 Å². The Balaban J connectivity index is 2.06. The molecule has 0 aliphatic carbocycles. The Morgan fingerprint density at radius 1 is 1.22 bits per heavy atom. The van der Waals surface area contributed by atoms with Crippen LogP contribution in [0.2, 0.25) is 0 Å². The third-order valence-electron chi connectivity index (χ3n) is 3.47. The van der Waals surface area contributed by atoms with Crippen LogP contribution < -0.4 is 16.0 Å². The van der Waals surface area contributed by atoms with E-state index < -0.39 is 0 Å². The van der Waals surface area contributed by atoms with Crippen LogP contribution in [0.1, 0.15) is 42.4 Å². The zero-order chi connectivity index (χ0) is 16.8. The number of carbonyl (C=O) groups is 2. The van der Waals surface area contributed by atoms with Crippen LogP contribution in [0, 0.1) is 0 Å². The first-order valence-electron chi connectivity index (χ1n) is 7.40. The minimum absolute atomic E-state index is 0.157. The van der Waals surface area contributed by atoms with Crippen LogP contribution >= 0.6 is 0 Å². The lowest BCUT2D eigenvalue weighted by atomic mass is 10.1. The quantitative estimate of drug-likeness (QED) is 0.789. The minimum Gasteiger partial charge on any atom is -0.351 e. The van der Waals surface area contributed by atoms with Crippen LogP contribution in [0.5, 0.6) is 0 Å². The molecule has 0 fully saturated rings. The first kappa shape index (κ1) is 16.5. The predicted molar refractivity (Wildman–Crippen MR) is 87.7 cm³/mol. The number of hydrogen-bond acceptors (Lipinski definition) is 4. The van der Waals surface area contributed by atoms with Gasteiger partial charge in [-0.3, -0.25) is 4.79 Å². The molecule has 0 aliphatic rings. The molecule has 7 heteroatoms. The summed E-state index contributed by atoms with van der Waals surface area (Å²) in [6, 6.07) is 8.14. The molecule has 0 radical (unpaired) electrons. The Bertz CT molecular complexity index is 696. The van der Waals surface area contributed by atoms with Gasteiger partial charge in [0.1, 0.15) is 0 Å². The molecule has 1 aromatic carbocycles. The van der Waals surface area contributed by atoms with Crippen molar-refractivity contribution in [2.75, 3.05) is 17.7 Å². The SMILES string of the molecule is CC[C@H](C)c1cc(C(=O)Nc2cccc(NC(=O)NC)c2)on1. The Morgan fingerprint density at radius 3 is 2.57 bits per heavy atom. The number of benzene rings is 1. The van der Waals surface area contributed by atoms with Gasteiger partial charge in [0.05, 0.1) is 5.69 Å². The number of carbonyl (C=O) groups excluding carboxylic acids is 2. The largest absolute Gasteiger partial charge is 0.351 e. The molecule has 7 nitrogen and oxygen atoms in total. The van der Waals surface area contributed by atoms with E-state index in [1.54, 1.807) is 30.3 Å². The van der Waals surface area contributed by atoms with Crippen LogP contribution in [-0.4, -0.2) is 24.1 Å². The van der Waals surface area contributed by atoms with E-state index in [0.717, 1.165) is 12.1 Å². The van der Waals surface area contributed by atoms with Crippen molar-refractivity contribution in [3.8, 4) is 0 Å². The second kappa shape index (κ2) is 7.44. The van der Waals surface area contributed by atoms with E-state index in [4.69, 9.17) is 4.52 Å². The number of aromatic nitrogens is 1. The summed E-state index contributed by atoms with van der Waals surface area (Å²) in [5.74, 6) is 0.00879. The standard InChI is InChI=1S/C16H20N4O3/c1-4-10(2)13-9-14(23-20-13)15(21)18-11-6-5-7-12(8-11)19-16(22)17-3/h5-10H,4H2,1-3H3,(H,18,21)(H2,17,19,22)/t10-/m0/s1. The Kier molecular flexibility index (Phi) is 5.35. The number of nitrogens with zero attached hydrogens (tertiary/aromatic N) is 1. The number of anilines is 2. The van der Waals surface area contributed by atoms with Gasteiger partial charge >= 0.3 is 6.03 Å². The molecule has 1 aromatic heterocycles. The second-order valence-electron chi connectivity index (χ2n) is 5.16. The topological polar surface area (TPSA) is 96.3 Å². The van der Waals surface area contributed by atoms with Crippen LogP contribution in [0.4, 0.5) is 16.2 Å². The van der Waals surface area contributed by atoms with E-state index in [2.05, 4.69) is 21.1 Å². The molecule has 0 unspecified atom stereocenters. The molecule has 3 amide bonds. The van der Waals surface area contributed by atoms with E-state index in [0.29, 0.717) is 11.4 Å². The third-order valence-corrected chi connectivity index (χ3v) is 3.47. The molecule has 2 rings (SSSR count). The van der Waals surface area contributed by atoms with Crippen LogP contribution in [0.15, 0.2) is 34.9 Å². The number of nitrogens with one attached hydrogen (secondary N) is 3. The van der Waals surface area contributed by atoms with Crippen molar-refractivity contribution in [2.24, 2.45) is 0 Å². The van der Waals surface area contributed by atoms with Gasteiger partial charge in [-0.05, 0) is 24.6 Å². The maximum absolute atomic E-state index is 12.2. The Labute approximate surface area is 134 Å². The molecule has 0 saturated carbocycles. The molecule has 0 aliphatic heterocycles. The minimum atomic E-state index is -0.385. The number of hydrogen-bond donors (Lipinski definition) is 3. The summed E-state index contributed by atoms with van der Waals surface area (Å²) < 4.78 is 5.09. The summed E-state index contributed by atoms with van der Waals surface area (Å²) in [6.45, 7) is 4.07. The highest BCUT2D eigenvalue weighted by Crippen LogP contribution is 2.20. The van der Waals surface area contributed by atoms with Gasteiger partial charge in [-0.15, -0.1) is 0 Å². The summed E-state index contributed by atoms with van der Waals surface area (Å²) >= 11 is 0. The molecule has 3 N–H and O–H groups in total. The zero-order valence-electron chi connectivity index (χ0n) is 13.3. The highest BCUT2D eigenvalue weighted by molar-refractivity contribution is 6.02. The van der Waals surface area contributed by atoms with Gasteiger partial charge in [-0.1, -0.05) is 25.1 Å². The summed E-state index contributed by atoms with van der Waals surface area (Å²) in [5.41, 5.74) is 1.87. The number of rotatable bonds is 5. The second-order valence-corrected chi connectivity index (χ2v) is 5.16. The van der Waals surface area contributed by atoms with Gasteiger partial charge in [0.15, 0.2) is 0 Å². The van der Waals surface area contributed by atoms with Crippen molar-refractivity contribution in [3.63, 3.8) is 0 Å². The molecular weight excluding hydrogens is 296 g/mol. The van der Waals surface area contributed by atoms with Gasteiger partial charge < -0.3 is 20.5 Å². The molecule has 2 aromatic rings. The smallest absolute Gasteiger partial charge is 0.318 e. The first-order valence-corrected chi connectivity index (χ1v) is 7.40. The fourth-order valence-corrected chi connectivity index (χ4v) is 1.90. The highest BCUT2D eigenvalue weighted by Gasteiger charge is 2.16. The summed E-state index contributed by atoms with van der Waals surface area (Å²) in [4.78, 5) is 23.5. The van der Waals surface area contributed by atoms with Gasteiger partial charge in [0.2, 0.25) is 5.76 Å². The van der Waals surface area contributed by atoms with E-state index in [-0.39, 0.29) is 23.6 Å². The van der Waals surface area contributed by atoms with Crippen molar-refractivity contribution >= 4 is 23.3 Å². The maximum atomic E-state index is 12.2. The predicted octanol–water partition coefficient (Wildman–Crippen LogP) is 3.19. The van der Waals surface area contributed by atoms with Crippen molar-refractivity contribution < 1.29 is 14.1 Å². The summed E-state index contributed by atoms with van der Waals surface area (Å²) in [5, 5.41) is 11.7. The number of amides is 3. The third kappa shape index (κ3) is 4.32. The molecule has 1 heterocycles. The molecule has 0 saturated heterocycles. The fourth-order valence-electron chi connectivity index (χ4n) is 1.90. The van der Waals surface area contributed by atoms with E-state index >= 15 is 0 Å². The molecule has 0 bridgehead atoms. The number of urea groups is 1. The van der Waals surface area contributed by atoms with E-state index in [1.807, 2.05) is 13.8 Å². The Morgan fingerprint density at radius 2 is 1.91 bits per heavy atom. The molecular formula is C16H20N4O3. The van der Waals surface area contributed by atoms with Crippen molar-refractivity contribution in [1.29, 1.82) is 0 Å². The average Bonchev–Trinajstić information content (AvgIpc) is 3.04. The fraction of sp³-hybridized carbons (Fsp3) is 0.312. The molecule has 23 heavy (non-hydrogen) atoms. The van der Waals surface area contributed by atoms with Crippen molar-refractivity contribution in [3.05, 3.63) is 41.8 Å². The average molecular weight is 316 g/mol. The monoisotopic (exact) mass is 316 g/mol. The van der Waals surface area contributed by atoms with E-state index in [9.17, 15) is 9.59 Å². The molecule has 0 spiro atoms. The first-order chi connectivity index (χ1) is 11.0. The maximum Gasteiger partial charge on any atom is 0.318 e. The summed E-state index contributed by atoms with van der Waals surface area (Å²) in [6.07, 6.45) is 0.917. The Hall–Kier alpha value is -2.83. The normalized spacial score (nSPS) is 11.6. The lowest BCUT2D eigenvalue weighted by Gasteiger charge is -2.07. The molecule has 122 valence electrons. The molecule has 1 atom stereocenters. The lowest BCUT2D eigenvalue weighted by molar-refractivity contribution is 0.0987. The summed E-state index contributed by atoms with van der Waals surface area (Å²) in [7, 11) is 1.53. The van der Waals surface area contributed by atoms with Crippen molar-refractivity contribution in [1.82, 2.24) is 10.5 Å². The van der Waals surface area contributed by atoms with Crippen molar-refractivity contribution in [2.45, 2.75) is 26.2 Å².